The van der Waals surface area contributed by atoms with E-state index in [1.807, 2.05) is 13.0 Å². The molecule has 0 radical (unpaired) electrons. The van der Waals surface area contributed by atoms with Crippen LogP contribution in [0, 0.1) is 0 Å². The molecule has 0 bridgehead atoms. The predicted octanol–water partition coefficient (Wildman–Crippen LogP) is 2.85. The maximum atomic E-state index is 10.9. The van der Waals surface area contributed by atoms with Crippen LogP contribution in [0.4, 0.5) is 0 Å². The lowest BCUT2D eigenvalue weighted by Gasteiger charge is -1.97. The molecule has 0 saturated heterocycles. The van der Waals surface area contributed by atoms with Crippen molar-refractivity contribution in [3.8, 4) is 0 Å². The fraction of sp³-hybridized carbons (Fsp3) is 0.545. The van der Waals surface area contributed by atoms with E-state index in [1.165, 1.54) is 6.08 Å². The van der Waals surface area contributed by atoms with Crippen LogP contribution in [0.5, 0.6) is 0 Å². The molecule has 0 atom stereocenters. The zero-order chi connectivity index (χ0) is 9.94. The summed E-state index contributed by atoms with van der Waals surface area (Å²) >= 11 is 0. The quantitative estimate of drug-likeness (QED) is 0.273. The Kier molecular flexibility index (Phi) is 8.31. The van der Waals surface area contributed by atoms with Crippen LogP contribution in [0.15, 0.2) is 24.3 Å². The Morgan fingerprint density at radius 2 is 1.85 bits per heavy atom. The molecule has 2 nitrogen and oxygen atoms in total. The predicted molar refractivity (Wildman–Crippen MR) is 54.4 cm³/mol. The van der Waals surface area contributed by atoms with Crippen LogP contribution < -0.4 is 0 Å². The summed E-state index contributed by atoms with van der Waals surface area (Å²) in [5, 5.41) is 0. The molecule has 0 saturated carbocycles. The van der Waals surface area contributed by atoms with Gasteiger partial charge in [0, 0.05) is 6.08 Å². The summed E-state index contributed by atoms with van der Waals surface area (Å²) in [6, 6.07) is 0. The minimum absolute atomic E-state index is 0.244. The third-order valence-electron chi connectivity index (χ3n) is 1.42. The van der Waals surface area contributed by atoms with Gasteiger partial charge < -0.3 is 4.74 Å². The first kappa shape index (κ1) is 11.9. The van der Waals surface area contributed by atoms with Crippen LogP contribution in [0.1, 0.15) is 33.1 Å². The molecule has 0 amide bonds. The minimum atomic E-state index is -0.244. The van der Waals surface area contributed by atoms with E-state index in [0.29, 0.717) is 6.61 Å². The monoisotopic (exact) mass is 182 g/mol. The number of esters is 1. The number of hydrogen-bond acceptors (Lipinski definition) is 2. The second-order valence-electron chi connectivity index (χ2n) is 2.65. The highest BCUT2D eigenvalue weighted by molar-refractivity contribution is 5.81. The molecule has 0 aromatic carbocycles. The van der Waals surface area contributed by atoms with Crippen LogP contribution in [0.25, 0.3) is 0 Å². The first-order valence-corrected chi connectivity index (χ1v) is 4.79. The lowest BCUT2D eigenvalue weighted by molar-refractivity contribution is -0.137. The van der Waals surface area contributed by atoms with Crippen molar-refractivity contribution in [3.05, 3.63) is 24.3 Å². The van der Waals surface area contributed by atoms with Crippen molar-refractivity contribution in [1.29, 1.82) is 0 Å². The van der Waals surface area contributed by atoms with Gasteiger partial charge in [-0.25, -0.2) is 4.79 Å². The third-order valence-corrected chi connectivity index (χ3v) is 1.42. The largest absolute Gasteiger partial charge is 0.462 e. The van der Waals surface area contributed by atoms with E-state index in [1.54, 1.807) is 6.08 Å². The smallest absolute Gasteiger partial charge is 0.330 e. The van der Waals surface area contributed by atoms with Gasteiger partial charge >= 0.3 is 5.97 Å². The summed E-state index contributed by atoms with van der Waals surface area (Å²) in [5.41, 5.74) is 0. The van der Waals surface area contributed by atoms with Gasteiger partial charge in [-0.05, 0) is 19.3 Å². The van der Waals surface area contributed by atoms with Crippen LogP contribution in [-0.2, 0) is 9.53 Å². The molecule has 0 aliphatic rings. The molecule has 0 aliphatic heterocycles. The number of carbonyl (C=O) groups excluding carboxylic acids is 1. The Morgan fingerprint density at radius 3 is 2.46 bits per heavy atom. The lowest BCUT2D eigenvalue weighted by Crippen LogP contribution is -2.01. The van der Waals surface area contributed by atoms with Crippen molar-refractivity contribution < 1.29 is 9.53 Å². The second-order valence-corrected chi connectivity index (χ2v) is 2.65. The second kappa shape index (κ2) is 9.04. The van der Waals surface area contributed by atoms with E-state index in [4.69, 9.17) is 4.74 Å². The van der Waals surface area contributed by atoms with Gasteiger partial charge in [-0.15, -0.1) is 0 Å². The summed E-state index contributed by atoms with van der Waals surface area (Å²) < 4.78 is 4.91. The van der Waals surface area contributed by atoms with E-state index in [-0.39, 0.29) is 5.97 Å². The molecular formula is C11H18O2. The van der Waals surface area contributed by atoms with Gasteiger partial charge in [0.1, 0.15) is 0 Å². The Morgan fingerprint density at radius 1 is 1.15 bits per heavy atom. The van der Waals surface area contributed by atoms with Gasteiger partial charge in [0.25, 0.3) is 0 Å². The molecule has 74 valence electrons. The fourth-order valence-electron chi connectivity index (χ4n) is 0.774. The standard InChI is InChI=1S/C11H18O2/c1-3-5-7-8-10-13-11(12)9-6-4-2/h5-7,9H,3-4,8,10H2,1-2H3/b7-5-,9-6?. The number of ether oxygens (including phenoxy) is 1. The first-order chi connectivity index (χ1) is 6.31. The van der Waals surface area contributed by atoms with Gasteiger partial charge in [0.05, 0.1) is 6.61 Å². The molecule has 0 aliphatic carbocycles. The zero-order valence-corrected chi connectivity index (χ0v) is 8.45. The molecule has 0 spiro atoms. The average Bonchev–Trinajstić information content (AvgIpc) is 2.14. The molecule has 0 heterocycles. The summed E-state index contributed by atoms with van der Waals surface area (Å²) in [6.45, 7) is 4.53. The van der Waals surface area contributed by atoms with Gasteiger partial charge in [-0.1, -0.05) is 32.1 Å². The summed E-state index contributed by atoms with van der Waals surface area (Å²) in [7, 11) is 0. The van der Waals surface area contributed by atoms with Crippen LogP contribution in [0.2, 0.25) is 0 Å². The Labute approximate surface area is 80.3 Å². The minimum Gasteiger partial charge on any atom is -0.462 e. The van der Waals surface area contributed by atoms with Gasteiger partial charge in [0.2, 0.25) is 0 Å². The van der Waals surface area contributed by atoms with Crippen molar-refractivity contribution in [2.75, 3.05) is 6.61 Å². The molecule has 2 heteroatoms. The van der Waals surface area contributed by atoms with E-state index < -0.39 is 0 Å². The summed E-state index contributed by atoms with van der Waals surface area (Å²) in [6.07, 6.45) is 10.1. The van der Waals surface area contributed by atoms with Crippen molar-refractivity contribution >= 4 is 5.97 Å². The van der Waals surface area contributed by atoms with Crippen molar-refractivity contribution in [3.63, 3.8) is 0 Å². The summed E-state index contributed by atoms with van der Waals surface area (Å²) in [4.78, 5) is 10.9. The first-order valence-electron chi connectivity index (χ1n) is 4.79. The molecule has 0 aromatic rings. The zero-order valence-electron chi connectivity index (χ0n) is 8.45. The van der Waals surface area contributed by atoms with Crippen molar-refractivity contribution in [2.24, 2.45) is 0 Å². The van der Waals surface area contributed by atoms with Gasteiger partial charge in [0.15, 0.2) is 0 Å². The Balaban J connectivity index is 3.37. The number of allylic oxidation sites excluding steroid dienone is 2. The topological polar surface area (TPSA) is 26.3 Å². The van der Waals surface area contributed by atoms with Gasteiger partial charge in [-0.3, -0.25) is 0 Å². The number of rotatable bonds is 6. The average molecular weight is 182 g/mol. The molecule has 0 N–H and O–H groups in total. The molecule has 0 unspecified atom stereocenters. The molecule has 0 aromatic heterocycles. The van der Waals surface area contributed by atoms with Crippen LogP contribution in [0.3, 0.4) is 0 Å². The number of hydrogen-bond donors (Lipinski definition) is 0. The molecule has 13 heavy (non-hydrogen) atoms. The highest BCUT2D eigenvalue weighted by atomic mass is 16.5. The third kappa shape index (κ3) is 8.86. The Bertz CT molecular complexity index is 181. The van der Waals surface area contributed by atoms with E-state index in [0.717, 1.165) is 19.3 Å². The SMILES string of the molecule is CCC=CC(=O)OCC/C=C\CC. The van der Waals surface area contributed by atoms with Crippen LogP contribution in [-0.4, -0.2) is 12.6 Å². The maximum Gasteiger partial charge on any atom is 0.330 e. The molecular weight excluding hydrogens is 164 g/mol. The molecule has 0 fully saturated rings. The normalized spacial score (nSPS) is 11.2. The fourth-order valence-corrected chi connectivity index (χ4v) is 0.774. The lowest BCUT2D eigenvalue weighted by atomic mass is 10.3. The van der Waals surface area contributed by atoms with Crippen LogP contribution >= 0.6 is 0 Å². The van der Waals surface area contributed by atoms with Gasteiger partial charge in [-0.2, -0.15) is 0 Å². The van der Waals surface area contributed by atoms with E-state index in [2.05, 4.69) is 13.0 Å². The van der Waals surface area contributed by atoms with E-state index >= 15 is 0 Å². The van der Waals surface area contributed by atoms with Crippen molar-refractivity contribution in [1.82, 2.24) is 0 Å². The highest BCUT2D eigenvalue weighted by Crippen LogP contribution is 1.90. The van der Waals surface area contributed by atoms with Crippen molar-refractivity contribution in [2.45, 2.75) is 33.1 Å². The molecule has 0 rings (SSSR count). The maximum absolute atomic E-state index is 10.9. The number of carbonyl (C=O) groups is 1. The Hall–Kier alpha value is -1.05. The van der Waals surface area contributed by atoms with E-state index in [9.17, 15) is 4.79 Å². The summed E-state index contributed by atoms with van der Waals surface area (Å²) in [5.74, 6) is -0.244. The highest BCUT2D eigenvalue weighted by Gasteiger charge is 1.92.